The lowest BCUT2D eigenvalue weighted by Crippen LogP contribution is -2.37. The molecule has 0 aliphatic heterocycles. The van der Waals surface area contributed by atoms with E-state index in [9.17, 15) is 0 Å². The molecule has 0 unspecified atom stereocenters. The van der Waals surface area contributed by atoms with E-state index in [1.54, 1.807) is 0 Å². The van der Waals surface area contributed by atoms with Gasteiger partial charge in [0.05, 0.1) is 0 Å². The lowest BCUT2D eigenvalue weighted by Gasteiger charge is -2.31. The van der Waals surface area contributed by atoms with Crippen molar-refractivity contribution >= 4 is 24.8 Å². The summed E-state index contributed by atoms with van der Waals surface area (Å²) in [5, 5.41) is 7.68. The summed E-state index contributed by atoms with van der Waals surface area (Å²) in [7, 11) is 0. The summed E-state index contributed by atoms with van der Waals surface area (Å²) in [6.07, 6.45) is 20.5. The first-order valence-corrected chi connectivity index (χ1v) is 10.8. The van der Waals surface area contributed by atoms with Gasteiger partial charge in [-0.1, -0.05) is 38.5 Å². The van der Waals surface area contributed by atoms with Crippen molar-refractivity contribution in [2.24, 2.45) is 17.8 Å². The second-order valence-electron chi connectivity index (χ2n) is 8.79. The second kappa shape index (κ2) is 13.6. The predicted molar refractivity (Wildman–Crippen MR) is 114 cm³/mol. The fourth-order valence-corrected chi connectivity index (χ4v) is 5.16. The first kappa shape index (κ1) is 23.5. The van der Waals surface area contributed by atoms with E-state index >= 15 is 0 Å². The number of rotatable bonds is 7. The third-order valence-corrected chi connectivity index (χ3v) is 6.86. The van der Waals surface area contributed by atoms with Crippen molar-refractivity contribution in [2.75, 3.05) is 19.6 Å². The van der Waals surface area contributed by atoms with Crippen molar-refractivity contribution in [3.8, 4) is 0 Å². The minimum atomic E-state index is 0. The van der Waals surface area contributed by atoms with E-state index in [-0.39, 0.29) is 24.8 Å². The molecule has 2 N–H and O–H groups in total. The normalized spacial score (nSPS) is 28.8. The Morgan fingerprint density at radius 2 is 0.920 bits per heavy atom. The van der Waals surface area contributed by atoms with Crippen LogP contribution in [0.1, 0.15) is 89.9 Å². The highest BCUT2D eigenvalue weighted by Gasteiger charge is 2.22. The van der Waals surface area contributed by atoms with E-state index in [1.807, 2.05) is 0 Å². The lowest BCUT2D eigenvalue weighted by molar-refractivity contribution is 0.241. The summed E-state index contributed by atoms with van der Waals surface area (Å²) >= 11 is 0. The highest BCUT2D eigenvalue weighted by atomic mass is 35.5. The SMILES string of the molecule is C1CCC(CNCC2CCC(CNC3CCCCC3)CC2)CC1.Cl.Cl. The number of halogens is 2. The Kier molecular flexibility index (Phi) is 12.8. The molecule has 3 fully saturated rings. The van der Waals surface area contributed by atoms with Crippen LogP contribution in [-0.2, 0) is 0 Å². The zero-order valence-electron chi connectivity index (χ0n) is 16.1. The second-order valence-corrected chi connectivity index (χ2v) is 8.79. The van der Waals surface area contributed by atoms with Crippen LogP contribution in [0.4, 0.5) is 0 Å². The highest BCUT2D eigenvalue weighted by Crippen LogP contribution is 2.29. The van der Waals surface area contributed by atoms with Crippen LogP contribution < -0.4 is 10.6 Å². The number of nitrogens with one attached hydrogen (secondary N) is 2. The van der Waals surface area contributed by atoms with Crippen LogP contribution in [0.25, 0.3) is 0 Å². The molecule has 3 aliphatic carbocycles. The first-order valence-electron chi connectivity index (χ1n) is 10.8. The molecule has 2 nitrogen and oxygen atoms in total. The summed E-state index contributed by atoms with van der Waals surface area (Å²) in [4.78, 5) is 0. The maximum absolute atomic E-state index is 3.88. The first-order chi connectivity index (χ1) is 11.4. The molecule has 4 heteroatoms. The third-order valence-electron chi connectivity index (χ3n) is 6.86. The topological polar surface area (TPSA) is 24.1 Å². The van der Waals surface area contributed by atoms with Gasteiger partial charge in [-0.25, -0.2) is 0 Å². The average Bonchev–Trinajstić information content (AvgIpc) is 2.63. The summed E-state index contributed by atoms with van der Waals surface area (Å²) in [6.45, 7) is 3.88. The van der Waals surface area contributed by atoms with Crippen molar-refractivity contribution in [3.63, 3.8) is 0 Å². The summed E-state index contributed by atoms with van der Waals surface area (Å²) < 4.78 is 0. The molecule has 150 valence electrons. The molecule has 0 aromatic rings. The Labute approximate surface area is 168 Å². The van der Waals surface area contributed by atoms with Gasteiger partial charge in [-0.2, -0.15) is 0 Å². The van der Waals surface area contributed by atoms with Gasteiger partial charge in [0, 0.05) is 6.04 Å². The van der Waals surface area contributed by atoms with Crippen LogP contribution in [0.15, 0.2) is 0 Å². The Hall–Kier alpha value is 0.500. The van der Waals surface area contributed by atoms with Crippen LogP contribution in [-0.4, -0.2) is 25.7 Å². The van der Waals surface area contributed by atoms with E-state index in [2.05, 4.69) is 10.6 Å². The van der Waals surface area contributed by atoms with Crippen molar-refractivity contribution in [3.05, 3.63) is 0 Å². The van der Waals surface area contributed by atoms with Gasteiger partial charge in [0.25, 0.3) is 0 Å². The Bertz CT molecular complexity index is 307. The summed E-state index contributed by atoms with van der Waals surface area (Å²) in [5.41, 5.74) is 0. The van der Waals surface area contributed by atoms with E-state index in [1.165, 1.54) is 110 Å². The van der Waals surface area contributed by atoms with E-state index < -0.39 is 0 Å². The van der Waals surface area contributed by atoms with Gasteiger partial charge in [0.1, 0.15) is 0 Å². The molecule has 0 heterocycles. The minimum absolute atomic E-state index is 0. The minimum Gasteiger partial charge on any atom is -0.316 e. The maximum atomic E-state index is 3.88. The average molecular weight is 393 g/mol. The number of hydrogen-bond acceptors (Lipinski definition) is 2. The molecule has 25 heavy (non-hydrogen) atoms. The third kappa shape index (κ3) is 8.82. The molecular weight excluding hydrogens is 351 g/mol. The molecule has 0 bridgehead atoms. The standard InChI is InChI=1S/C21H40N2.2ClH/c1-3-7-18(8-4-1)15-22-16-19-11-13-20(14-12-19)17-23-21-9-5-2-6-10-21;;/h18-23H,1-17H2;2*1H. The molecule has 3 aliphatic rings. The van der Waals surface area contributed by atoms with Gasteiger partial charge in [0.15, 0.2) is 0 Å². The van der Waals surface area contributed by atoms with Crippen LogP contribution in [0.5, 0.6) is 0 Å². The van der Waals surface area contributed by atoms with Gasteiger partial charge < -0.3 is 10.6 Å². The maximum Gasteiger partial charge on any atom is 0.00671 e. The smallest absolute Gasteiger partial charge is 0.00671 e. The number of hydrogen-bond donors (Lipinski definition) is 2. The van der Waals surface area contributed by atoms with Crippen molar-refractivity contribution in [1.82, 2.24) is 10.6 Å². The van der Waals surface area contributed by atoms with Gasteiger partial charge in [0.2, 0.25) is 0 Å². The van der Waals surface area contributed by atoms with Crippen LogP contribution in [0, 0.1) is 17.8 Å². The quantitative estimate of drug-likeness (QED) is 0.577. The molecule has 0 spiro atoms. The zero-order chi connectivity index (χ0) is 15.7. The predicted octanol–water partition coefficient (Wildman–Crippen LogP) is 5.73. The fourth-order valence-electron chi connectivity index (χ4n) is 5.16. The molecule has 0 atom stereocenters. The Morgan fingerprint density at radius 1 is 0.480 bits per heavy atom. The van der Waals surface area contributed by atoms with Crippen LogP contribution in [0.2, 0.25) is 0 Å². The molecular formula is C21H42Cl2N2. The van der Waals surface area contributed by atoms with E-state index in [0.717, 1.165) is 23.8 Å². The van der Waals surface area contributed by atoms with Gasteiger partial charge in [-0.05, 0) is 88.8 Å². The van der Waals surface area contributed by atoms with E-state index in [4.69, 9.17) is 0 Å². The zero-order valence-corrected chi connectivity index (χ0v) is 17.8. The van der Waals surface area contributed by atoms with Crippen molar-refractivity contribution in [2.45, 2.75) is 95.9 Å². The van der Waals surface area contributed by atoms with Gasteiger partial charge in [-0.3, -0.25) is 0 Å². The van der Waals surface area contributed by atoms with Crippen LogP contribution in [0.3, 0.4) is 0 Å². The fraction of sp³-hybridized carbons (Fsp3) is 1.00. The highest BCUT2D eigenvalue weighted by molar-refractivity contribution is 5.85. The summed E-state index contributed by atoms with van der Waals surface area (Å²) in [6, 6.07) is 0.846. The molecule has 0 saturated heterocycles. The molecule has 0 aromatic carbocycles. The molecule has 3 rings (SSSR count). The summed E-state index contributed by atoms with van der Waals surface area (Å²) in [5.74, 6) is 2.91. The lowest BCUT2D eigenvalue weighted by atomic mass is 9.81. The van der Waals surface area contributed by atoms with Crippen molar-refractivity contribution in [1.29, 1.82) is 0 Å². The molecule has 0 radical (unpaired) electrons. The van der Waals surface area contributed by atoms with Crippen molar-refractivity contribution < 1.29 is 0 Å². The van der Waals surface area contributed by atoms with Gasteiger partial charge in [-0.15, -0.1) is 24.8 Å². The Balaban J connectivity index is 0.00000156. The Morgan fingerprint density at radius 3 is 1.48 bits per heavy atom. The molecule has 0 amide bonds. The van der Waals surface area contributed by atoms with Gasteiger partial charge >= 0.3 is 0 Å². The molecule has 0 aromatic heterocycles. The largest absolute Gasteiger partial charge is 0.316 e. The van der Waals surface area contributed by atoms with E-state index in [0.29, 0.717) is 0 Å². The van der Waals surface area contributed by atoms with Crippen LogP contribution >= 0.6 is 24.8 Å². The monoisotopic (exact) mass is 392 g/mol. The molecule has 3 saturated carbocycles.